The first-order chi connectivity index (χ1) is 9.79. The molecule has 1 aromatic heterocycles. The molecule has 0 aliphatic rings. The summed E-state index contributed by atoms with van der Waals surface area (Å²) in [5, 5.41) is 13.2. The smallest absolute Gasteiger partial charge is 0.143 e. The zero-order valence-electron chi connectivity index (χ0n) is 10.7. The van der Waals surface area contributed by atoms with E-state index < -0.39 is 5.82 Å². The lowest BCUT2D eigenvalue weighted by Gasteiger charge is -2.09. The molecule has 20 heavy (non-hydrogen) atoms. The molecule has 0 spiro atoms. The van der Waals surface area contributed by atoms with Crippen LogP contribution in [0.3, 0.4) is 0 Å². The van der Waals surface area contributed by atoms with Gasteiger partial charge in [0.1, 0.15) is 17.4 Å². The number of nitrogens with one attached hydrogen (secondary N) is 2. The van der Waals surface area contributed by atoms with Gasteiger partial charge in [0.15, 0.2) is 0 Å². The van der Waals surface area contributed by atoms with Gasteiger partial charge in [-0.25, -0.2) is 4.39 Å². The van der Waals surface area contributed by atoms with Crippen molar-refractivity contribution < 1.29 is 4.39 Å². The lowest BCUT2D eigenvalue weighted by Crippen LogP contribution is -2.02. The highest BCUT2D eigenvalue weighted by Crippen LogP contribution is 2.21. The van der Waals surface area contributed by atoms with Gasteiger partial charge in [-0.3, -0.25) is 0 Å². The second-order valence-corrected chi connectivity index (χ2v) is 4.48. The summed E-state index contributed by atoms with van der Waals surface area (Å²) in [6, 6.07) is 14.5. The molecule has 0 bridgehead atoms. The summed E-state index contributed by atoms with van der Waals surface area (Å²) < 4.78 is 13.5. The van der Waals surface area contributed by atoms with Crippen LogP contribution in [0, 0.1) is 17.1 Å². The molecule has 2 N–H and O–H groups in total. The maximum atomic E-state index is 13.5. The fourth-order valence-corrected chi connectivity index (χ4v) is 2.28. The average molecular weight is 265 g/mol. The lowest BCUT2D eigenvalue weighted by atomic mass is 10.1. The molecule has 0 aliphatic heterocycles. The van der Waals surface area contributed by atoms with Crippen molar-refractivity contribution in [3.8, 4) is 6.07 Å². The molecule has 0 unspecified atom stereocenters. The van der Waals surface area contributed by atoms with Crippen LogP contribution in [0.5, 0.6) is 0 Å². The fraction of sp³-hybridized carbons (Fsp3) is 0.0625. The summed E-state index contributed by atoms with van der Waals surface area (Å²) in [5.74, 6) is -0.502. The van der Waals surface area contributed by atoms with E-state index >= 15 is 0 Å². The third kappa shape index (κ3) is 2.10. The quantitative estimate of drug-likeness (QED) is 0.757. The topological polar surface area (TPSA) is 51.6 Å². The van der Waals surface area contributed by atoms with Crippen molar-refractivity contribution in [1.29, 1.82) is 5.26 Å². The minimum Gasteiger partial charge on any atom is -0.380 e. The minimum absolute atomic E-state index is 0.0498. The Morgan fingerprint density at radius 2 is 2.00 bits per heavy atom. The number of nitrogens with zero attached hydrogens (tertiary/aromatic N) is 1. The molecule has 3 aromatic rings. The molecular formula is C16H12FN3. The molecule has 1 heterocycles. The average Bonchev–Trinajstić information content (AvgIpc) is 2.94. The van der Waals surface area contributed by atoms with Gasteiger partial charge in [0.25, 0.3) is 0 Å². The van der Waals surface area contributed by atoms with Gasteiger partial charge in [-0.15, -0.1) is 0 Å². The zero-order valence-corrected chi connectivity index (χ0v) is 10.7. The number of nitriles is 1. The number of anilines is 1. The SMILES string of the molecule is N#Cc1c(F)cccc1NCc1cccc2[nH]ccc12. The number of hydrogen-bond acceptors (Lipinski definition) is 2. The Bertz CT molecular complexity index is 799. The second kappa shape index (κ2) is 5.06. The number of aromatic amines is 1. The number of halogens is 1. The van der Waals surface area contributed by atoms with Gasteiger partial charge in [0, 0.05) is 23.6 Å². The van der Waals surface area contributed by atoms with Gasteiger partial charge in [-0.2, -0.15) is 5.26 Å². The Morgan fingerprint density at radius 1 is 1.15 bits per heavy atom. The molecular weight excluding hydrogens is 253 g/mol. The molecule has 0 atom stereocenters. The number of fused-ring (bicyclic) bond motifs is 1. The summed E-state index contributed by atoms with van der Waals surface area (Å²) in [4.78, 5) is 3.15. The van der Waals surface area contributed by atoms with E-state index in [1.807, 2.05) is 36.5 Å². The molecule has 0 saturated heterocycles. The third-order valence-electron chi connectivity index (χ3n) is 3.28. The first kappa shape index (κ1) is 12.2. The molecule has 4 heteroatoms. The number of H-pyrrole nitrogens is 1. The van der Waals surface area contributed by atoms with Crippen LogP contribution in [0.15, 0.2) is 48.7 Å². The fourth-order valence-electron chi connectivity index (χ4n) is 2.28. The largest absolute Gasteiger partial charge is 0.380 e. The van der Waals surface area contributed by atoms with E-state index in [-0.39, 0.29) is 5.56 Å². The number of rotatable bonds is 3. The van der Waals surface area contributed by atoms with Gasteiger partial charge >= 0.3 is 0 Å². The molecule has 3 rings (SSSR count). The van der Waals surface area contributed by atoms with Crippen LogP contribution in [0.2, 0.25) is 0 Å². The molecule has 0 fully saturated rings. The lowest BCUT2D eigenvalue weighted by molar-refractivity contribution is 0.624. The zero-order chi connectivity index (χ0) is 13.9. The molecule has 0 saturated carbocycles. The first-order valence-electron chi connectivity index (χ1n) is 6.27. The molecule has 0 aliphatic carbocycles. The van der Waals surface area contributed by atoms with Crippen LogP contribution in [0.25, 0.3) is 10.9 Å². The van der Waals surface area contributed by atoms with Gasteiger partial charge < -0.3 is 10.3 Å². The van der Waals surface area contributed by atoms with E-state index in [1.54, 1.807) is 12.1 Å². The van der Waals surface area contributed by atoms with Gasteiger partial charge in [-0.05, 0) is 29.8 Å². The summed E-state index contributed by atoms with van der Waals surface area (Å²) in [6.45, 7) is 0.535. The summed E-state index contributed by atoms with van der Waals surface area (Å²) >= 11 is 0. The van der Waals surface area contributed by atoms with E-state index in [2.05, 4.69) is 10.3 Å². The van der Waals surface area contributed by atoms with Crippen molar-refractivity contribution in [2.24, 2.45) is 0 Å². The van der Waals surface area contributed by atoms with Crippen molar-refractivity contribution in [3.05, 3.63) is 65.6 Å². The minimum atomic E-state index is -0.502. The summed E-state index contributed by atoms with van der Waals surface area (Å²) in [5.41, 5.74) is 2.72. The molecule has 3 nitrogen and oxygen atoms in total. The summed E-state index contributed by atoms with van der Waals surface area (Å²) in [6.07, 6.45) is 1.89. The van der Waals surface area contributed by atoms with Crippen molar-refractivity contribution >= 4 is 16.6 Å². The van der Waals surface area contributed by atoms with Crippen LogP contribution in [-0.4, -0.2) is 4.98 Å². The highest BCUT2D eigenvalue weighted by Gasteiger charge is 2.08. The van der Waals surface area contributed by atoms with Crippen molar-refractivity contribution in [2.75, 3.05) is 5.32 Å². The first-order valence-corrected chi connectivity index (χ1v) is 6.27. The summed E-state index contributed by atoms with van der Waals surface area (Å²) in [7, 11) is 0. The van der Waals surface area contributed by atoms with Crippen LogP contribution < -0.4 is 5.32 Å². The Balaban J connectivity index is 1.89. The van der Waals surface area contributed by atoms with E-state index in [1.165, 1.54) is 6.07 Å². The van der Waals surface area contributed by atoms with Crippen molar-refractivity contribution in [2.45, 2.75) is 6.54 Å². The highest BCUT2D eigenvalue weighted by atomic mass is 19.1. The number of hydrogen-bond donors (Lipinski definition) is 2. The van der Waals surface area contributed by atoms with Gasteiger partial charge in [0.05, 0.1) is 5.69 Å². The normalized spacial score (nSPS) is 10.4. The Kier molecular flexibility index (Phi) is 3.10. The van der Waals surface area contributed by atoms with Crippen molar-refractivity contribution in [1.82, 2.24) is 4.98 Å². The third-order valence-corrected chi connectivity index (χ3v) is 3.28. The van der Waals surface area contributed by atoms with Gasteiger partial charge in [0.2, 0.25) is 0 Å². The highest BCUT2D eigenvalue weighted by molar-refractivity contribution is 5.83. The predicted molar refractivity (Wildman–Crippen MR) is 76.7 cm³/mol. The van der Waals surface area contributed by atoms with Gasteiger partial charge in [-0.1, -0.05) is 18.2 Å². The van der Waals surface area contributed by atoms with Crippen LogP contribution in [0.4, 0.5) is 10.1 Å². The standard InChI is InChI=1S/C16H12FN3/c17-14-4-2-6-16(13(14)9-18)20-10-11-3-1-5-15-12(11)7-8-19-15/h1-8,19-20H,10H2. The van der Waals surface area contributed by atoms with Crippen LogP contribution in [-0.2, 0) is 6.54 Å². The maximum absolute atomic E-state index is 13.5. The Morgan fingerprint density at radius 3 is 2.85 bits per heavy atom. The second-order valence-electron chi connectivity index (χ2n) is 4.48. The van der Waals surface area contributed by atoms with E-state index in [4.69, 9.17) is 5.26 Å². The van der Waals surface area contributed by atoms with Crippen molar-refractivity contribution in [3.63, 3.8) is 0 Å². The molecule has 98 valence electrons. The van der Waals surface area contributed by atoms with Crippen LogP contribution >= 0.6 is 0 Å². The Hall–Kier alpha value is -2.80. The molecule has 0 radical (unpaired) electrons. The monoisotopic (exact) mass is 265 g/mol. The molecule has 2 aromatic carbocycles. The molecule has 0 amide bonds. The van der Waals surface area contributed by atoms with E-state index in [0.29, 0.717) is 12.2 Å². The number of benzene rings is 2. The predicted octanol–water partition coefficient (Wildman–Crippen LogP) is 3.79. The number of aromatic nitrogens is 1. The van der Waals surface area contributed by atoms with Crippen LogP contribution in [0.1, 0.15) is 11.1 Å². The Labute approximate surface area is 115 Å². The van der Waals surface area contributed by atoms with E-state index in [0.717, 1.165) is 16.5 Å². The van der Waals surface area contributed by atoms with E-state index in [9.17, 15) is 4.39 Å². The maximum Gasteiger partial charge on any atom is 0.143 e.